The van der Waals surface area contributed by atoms with Crippen LogP contribution in [0.1, 0.15) is 31.2 Å². The van der Waals surface area contributed by atoms with Gasteiger partial charge in [-0.15, -0.1) is 0 Å². The molecule has 23 heavy (non-hydrogen) atoms. The Bertz CT molecular complexity index is 689. The first-order valence-electron chi connectivity index (χ1n) is 7.59. The summed E-state index contributed by atoms with van der Waals surface area (Å²) in [5, 5.41) is 4.15. The lowest BCUT2D eigenvalue weighted by molar-refractivity contribution is 0.150. The number of likely N-dealkylation sites (tertiary alicyclic amines) is 1. The van der Waals surface area contributed by atoms with E-state index >= 15 is 0 Å². The molecule has 2 heterocycles. The van der Waals surface area contributed by atoms with E-state index in [-0.39, 0.29) is 6.04 Å². The SMILES string of the molecule is COc1cc(Br)cc(-c2noc(C3CCCCN3C)n2)c1OC. The third-order valence-corrected chi connectivity index (χ3v) is 4.64. The predicted octanol–water partition coefficient (Wildman–Crippen LogP) is 3.67. The average molecular weight is 382 g/mol. The number of rotatable bonds is 4. The van der Waals surface area contributed by atoms with E-state index in [0.29, 0.717) is 23.2 Å². The highest BCUT2D eigenvalue weighted by atomic mass is 79.9. The maximum Gasteiger partial charge on any atom is 0.244 e. The van der Waals surface area contributed by atoms with Gasteiger partial charge in [0.05, 0.1) is 25.8 Å². The molecular weight excluding hydrogens is 362 g/mol. The number of aromatic nitrogens is 2. The van der Waals surface area contributed by atoms with Gasteiger partial charge in [-0.05, 0) is 38.6 Å². The Morgan fingerprint density at radius 1 is 1.26 bits per heavy atom. The fourth-order valence-electron chi connectivity index (χ4n) is 2.96. The highest BCUT2D eigenvalue weighted by molar-refractivity contribution is 9.10. The number of piperidine rings is 1. The fraction of sp³-hybridized carbons (Fsp3) is 0.500. The van der Waals surface area contributed by atoms with Crippen molar-refractivity contribution in [2.45, 2.75) is 25.3 Å². The molecule has 124 valence electrons. The number of halogens is 1. The monoisotopic (exact) mass is 381 g/mol. The van der Waals surface area contributed by atoms with E-state index in [4.69, 9.17) is 14.0 Å². The summed E-state index contributed by atoms with van der Waals surface area (Å²) in [6, 6.07) is 3.93. The zero-order chi connectivity index (χ0) is 16.4. The number of hydrogen-bond acceptors (Lipinski definition) is 6. The molecule has 0 saturated carbocycles. The first-order valence-corrected chi connectivity index (χ1v) is 8.39. The smallest absolute Gasteiger partial charge is 0.244 e. The summed E-state index contributed by atoms with van der Waals surface area (Å²) in [7, 11) is 5.30. The van der Waals surface area contributed by atoms with Crippen molar-refractivity contribution in [2.75, 3.05) is 27.8 Å². The molecule has 0 N–H and O–H groups in total. The van der Waals surface area contributed by atoms with E-state index in [9.17, 15) is 0 Å². The van der Waals surface area contributed by atoms with Crippen molar-refractivity contribution in [1.82, 2.24) is 15.0 Å². The first-order chi connectivity index (χ1) is 11.1. The second kappa shape index (κ2) is 6.88. The van der Waals surface area contributed by atoms with Crippen molar-refractivity contribution in [3.63, 3.8) is 0 Å². The Kier molecular flexibility index (Phi) is 4.87. The molecule has 1 aromatic heterocycles. The van der Waals surface area contributed by atoms with Crippen LogP contribution in [0.2, 0.25) is 0 Å². The highest BCUT2D eigenvalue weighted by Crippen LogP contribution is 2.40. The van der Waals surface area contributed by atoms with Crippen LogP contribution < -0.4 is 9.47 Å². The molecule has 6 nitrogen and oxygen atoms in total. The van der Waals surface area contributed by atoms with Gasteiger partial charge in [-0.25, -0.2) is 0 Å². The molecule has 2 aromatic rings. The third kappa shape index (κ3) is 3.21. The summed E-state index contributed by atoms with van der Waals surface area (Å²) < 4.78 is 17.2. The molecule has 0 aliphatic carbocycles. The van der Waals surface area contributed by atoms with Gasteiger partial charge in [0.15, 0.2) is 11.5 Å². The summed E-state index contributed by atoms with van der Waals surface area (Å²) in [5.74, 6) is 2.39. The topological polar surface area (TPSA) is 60.6 Å². The summed E-state index contributed by atoms with van der Waals surface area (Å²) in [4.78, 5) is 6.87. The molecular formula is C16H20BrN3O3. The molecule has 0 radical (unpaired) electrons. The Hall–Kier alpha value is -1.60. The average Bonchev–Trinajstić information content (AvgIpc) is 3.04. The molecule has 1 unspecified atom stereocenters. The van der Waals surface area contributed by atoms with Gasteiger partial charge in [-0.3, -0.25) is 4.90 Å². The van der Waals surface area contributed by atoms with E-state index < -0.39 is 0 Å². The Balaban J connectivity index is 1.98. The van der Waals surface area contributed by atoms with Crippen LogP contribution in [0, 0.1) is 0 Å². The van der Waals surface area contributed by atoms with Gasteiger partial charge in [0, 0.05) is 4.47 Å². The van der Waals surface area contributed by atoms with Crippen molar-refractivity contribution < 1.29 is 14.0 Å². The zero-order valence-electron chi connectivity index (χ0n) is 13.5. The highest BCUT2D eigenvalue weighted by Gasteiger charge is 2.27. The van der Waals surface area contributed by atoms with Gasteiger partial charge in [-0.1, -0.05) is 27.5 Å². The van der Waals surface area contributed by atoms with Crippen molar-refractivity contribution in [2.24, 2.45) is 0 Å². The summed E-state index contributed by atoms with van der Waals surface area (Å²) in [6.45, 7) is 1.05. The van der Waals surface area contributed by atoms with Crippen LogP contribution in [0.5, 0.6) is 11.5 Å². The van der Waals surface area contributed by atoms with Crippen molar-refractivity contribution in [3.05, 3.63) is 22.5 Å². The van der Waals surface area contributed by atoms with Crippen LogP contribution in [-0.2, 0) is 0 Å². The lowest BCUT2D eigenvalue weighted by atomic mass is 10.0. The van der Waals surface area contributed by atoms with E-state index in [1.807, 2.05) is 12.1 Å². The van der Waals surface area contributed by atoms with Crippen molar-refractivity contribution >= 4 is 15.9 Å². The van der Waals surface area contributed by atoms with Crippen LogP contribution >= 0.6 is 15.9 Å². The second-order valence-electron chi connectivity index (χ2n) is 5.64. The van der Waals surface area contributed by atoms with Crippen LogP contribution in [0.4, 0.5) is 0 Å². The molecule has 0 bridgehead atoms. The summed E-state index contributed by atoms with van der Waals surface area (Å²) in [6.07, 6.45) is 3.43. The van der Waals surface area contributed by atoms with Gasteiger partial charge in [0.25, 0.3) is 0 Å². The molecule has 1 aromatic carbocycles. The predicted molar refractivity (Wildman–Crippen MR) is 89.8 cm³/mol. The first kappa shape index (κ1) is 16.3. The van der Waals surface area contributed by atoms with Crippen molar-refractivity contribution in [3.8, 4) is 22.9 Å². The minimum absolute atomic E-state index is 0.185. The normalized spacial score (nSPS) is 18.9. The molecule has 7 heteroatoms. The van der Waals surface area contributed by atoms with Crippen LogP contribution in [0.25, 0.3) is 11.4 Å². The molecule has 0 spiro atoms. The molecule has 0 amide bonds. The van der Waals surface area contributed by atoms with Gasteiger partial charge in [0.1, 0.15) is 0 Å². The Labute approximate surface area is 143 Å². The van der Waals surface area contributed by atoms with Gasteiger partial charge < -0.3 is 14.0 Å². The molecule has 1 atom stereocenters. The standard InChI is InChI=1S/C16H20BrN3O3/c1-20-7-5-4-6-12(20)16-18-15(19-23-16)11-8-10(17)9-13(21-2)14(11)22-3/h8-9,12H,4-7H2,1-3H3. The Morgan fingerprint density at radius 3 is 2.78 bits per heavy atom. The third-order valence-electron chi connectivity index (χ3n) is 4.18. The van der Waals surface area contributed by atoms with Gasteiger partial charge >= 0.3 is 0 Å². The number of nitrogens with zero attached hydrogens (tertiary/aromatic N) is 3. The second-order valence-corrected chi connectivity index (χ2v) is 6.55. The number of ether oxygens (including phenoxy) is 2. The van der Waals surface area contributed by atoms with Crippen LogP contribution in [-0.4, -0.2) is 42.9 Å². The van der Waals surface area contributed by atoms with E-state index in [0.717, 1.165) is 23.0 Å². The molecule has 1 saturated heterocycles. The van der Waals surface area contributed by atoms with E-state index in [1.54, 1.807) is 14.2 Å². The van der Waals surface area contributed by atoms with Crippen LogP contribution in [0.15, 0.2) is 21.1 Å². The minimum Gasteiger partial charge on any atom is -0.493 e. The van der Waals surface area contributed by atoms with Gasteiger partial charge in [-0.2, -0.15) is 4.98 Å². The van der Waals surface area contributed by atoms with E-state index in [1.165, 1.54) is 12.8 Å². The summed E-state index contributed by atoms with van der Waals surface area (Å²) in [5.41, 5.74) is 0.743. The Morgan fingerprint density at radius 2 is 2.09 bits per heavy atom. The maximum absolute atomic E-state index is 5.53. The molecule has 1 fully saturated rings. The summed E-state index contributed by atoms with van der Waals surface area (Å²) >= 11 is 3.48. The number of hydrogen-bond donors (Lipinski definition) is 0. The molecule has 3 rings (SSSR count). The van der Waals surface area contributed by atoms with Gasteiger partial charge in [0.2, 0.25) is 11.7 Å². The fourth-order valence-corrected chi connectivity index (χ4v) is 3.40. The van der Waals surface area contributed by atoms with Crippen molar-refractivity contribution in [1.29, 1.82) is 0 Å². The zero-order valence-corrected chi connectivity index (χ0v) is 15.1. The number of methoxy groups -OCH3 is 2. The minimum atomic E-state index is 0.185. The maximum atomic E-state index is 5.53. The lowest BCUT2D eigenvalue weighted by Gasteiger charge is -2.29. The largest absolute Gasteiger partial charge is 0.493 e. The quantitative estimate of drug-likeness (QED) is 0.804. The van der Waals surface area contributed by atoms with E-state index in [2.05, 4.69) is 38.0 Å². The number of benzene rings is 1. The lowest BCUT2D eigenvalue weighted by Crippen LogP contribution is -2.29. The molecule has 1 aliphatic rings. The molecule has 1 aliphatic heterocycles. The van der Waals surface area contributed by atoms with Crippen LogP contribution in [0.3, 0.4) is 0 Å².